The molecule has 1 aromatic heterocycles. The molecule has 0 saturated heterocycles. The van der Waals surface area contributed by atoms with E-state index in [-0.39, 0.29) is 11.7 Å². The molecule has 7 nitrogen and oxygen atoms in total. The van der Waals surface area contributed by atoms with Crippen molar-refractivity contribution in [3.63, 3.8) is 0 Å². The molecule has 0 saturated carbocycles. The van der Waals surface area contributed by atoms with Crippen LogP contribution in [-0.2, 0) is 4.79 Å². The molecule has 0 aliphatic carbocycles. The monoisotopic (exact) mass is 280 g/mol. The van der Waals surface area contributed by atoms with Gasteiger partial charge in [-0.3, -0.25) is 9.59 Å². The molecule has 1 aromatic carbocycles. The Morgan fingerprint density at radius 2 is 2.11 bits per heavy atom. The number of carboxylic acid groups (broad SMARTS) is 1. The van der Waals surface area contributed by atoms with Gasteiger partial charge < -0.3 is 10.4 Å². The number of amides is 1. The molecule has 100 valence electrons. The second-order valence-corrected chi connectivity index (χ2v) is 4.83. The second kappa shape index (κ2) is 6.19. The van der Waals surface area contributed by atoms with Crippen LogP contribution in [-0.4, -0.2) is 50.4 Å². The van der Waals surface area contributed by atoms with Crippen LogP contribution in [0.1, 0.15) is 10.4 Å². The zero-order valence-electron chi connectivity index (χ0n) is 9.92. The summed E-state index contributed by atoms with van der Waals surface area (Å²) in [6, 6.07) is 5.04. The lowest BCUT2D eigenvalue weighted by atomic mass is 10.2. The first-order valence-corrected chi connectivity index (χ1v) is 6.70. The van der Waals surface area contributed by atoms with Gasteiger partial charge in [-0.2, -0.15) is 15.4 Å². The molecule has 0 aliphatic heterocycles. The van der Waals surface area contributed by atoms with E-state index in [0.29, 0.717) is 28.9 Å². The summed E-state index contributed by atoms with van der Waals surface area (Å²) < 4.78 is 0. The summed E-state index contributed by atoms with van der Waals surface area (Å²) >= 11 is 1.26. The maximum absolute atomic E-state index is 11.8. The van der Waals surface area contributed by atoms with E-state index in [4.69, 9.17) is 5.11 Å². The van der Waals surface area contributed by atoms with Crippen molar-refractivity contribution in [3.8, 4) is 0 Å². The van der Waals surface area contributed by atoms with E-state index in [1.165, 1.54) is 11.8 Å². The topological polar surface area (TPSA) is 108 Å². The van der Waals surface area contributed by atoms with E-state index >= 15 is 0 Å². The fraction of sp³-hybridized carbons (Fsp3) is 0.273. The number of thioether (sulfide) groups is 1. The third-order valence-corrected chi connectivity index (χ3v) is 3.28. The summed E-state index contributed by atoms with van der Waals surface area (Å²) in [7, 11) is 0. The van der Waals surface area contributed by atoms with Gasteiger partial charge in [-0.05, 0) is 18.2 Å². The first kappa shape index (κ1) is 13.3. The zero-order chi connectivity index (χ0) is 13.7. The van der Waals surface area contributed by atoms with Crippen LogP contribution in [0.15, 0.2) is 18.2 Å². The van der Waals surface area contributed by atoms with Crippen molar-refractivity contribution in [1.29, 1.82) is 0 Å². The van der Waals surface area contributed by atoms with E-state index in [1.807, 2.05) is 0 Å². The minimum absolute atomic E-state index is 0.0424. The van der Waals surface area contributed by atoms with Gasteiger partial charge >= 0.3 is 5.97 Å². The average Bonchev–Trinajstić information content (AvgIpc) is 2.84. The molecular weight excluding hydrogens is 268 g/mol. The molecule has 0 aliphatic rings. The fourth-order valence-corrected chi connectivity index (χ4v) is 2.05. The predicted octanol–water partition coefficient (Wildman–Crippen LogP) is 0.505. The molecule has 0 fully saturated rings. The van der Waals surface area contributed by atoms with Crippen molar-refractivity contribution >= 4 is 34.7 Å². The highest BCUT2D eigenvalue weighted by atomic mass is 32.2. The summed E-state index contributed by atoms with van der Waals surface area (Å²) in [5, 5.41) is 21.5. The van der Waals surface area contributed by atoms with E-state index in [1.54, 1.807) is 18.2 Å². The molecule has 0 atom stereocenters. The summed E-state index contributed by atoms with van der Waals surface area (Å²) in [6.07, 6.45) is 0. The lowest BCUT2D eigenvalue weighted by Crippen LogP contribution is -2.25. The smallest absolute Gasteiger partial charge is 0.313 e. The molecule has 0 bridgehead atoms. The number of fused-ring (bicyclic) bond motifs is 1. The van der Waals surface area contributed by atoms with Crippen LogP contribution in [0, 0.1) is 0 Å². The van der Waals surface area contributed by atoms with Crippen molar-refractivity contribution < 1.29 is 14.7 Å². The maximum atomic E-state index is 11.8. The van der Waals surface area contributed by atoms with Gasteiger partial charge in [0.2, 0.25) is 0 Å². The van der Waals surface area contributed by atoms with Crippen molar-refractivity contribution in [2.45, 2.75) is 0 Å². The number of carbonyl (C=O) groups is 2. The van der Waals surface area contributed by atoms with Crippen LogP contribution in [0.2, 0.25) is 0 Å². The highest BCUT2D eigenvalue weighted by Crippen LogP contribution is 2.10. The van der Waals surface area contributed by atoms with Crippen LogP contribution < -0.4 is 5.32 Å². The number of rotatable bonds is 6. The van der Waals surface area contributed by atoms with Gasteiger partial charge in [0.05, 0.1) is 5.75 Å². The summed E-state index contributed by atoms with van der Waals surface area (Å²) in [6.45, 7) is 0.424. The minimum Gasteiger partial charge on any atom is -0.481 e. The van der Waals surface area contributed by atoms with Crippen molar-refractivity contribution in [2.24, 2.45) is 0 Å². The summed E-state index contributed by atoms with van der Waals surface area (Å²) in [4.78, 5) is 22.1. The van der Waals surface area contributed by atoms with Gasteiger partial charge in [-0.25, -0.2) is 0 Å². The first-order valence-electron chi connectivity index (χ1n) is 5.55. The molecule has 3 N–H and O–H groups in total. The fourth-order valence-electron chi connectivity index (χ4n) is 1.48. The lowest BCUT2D eigenvalue weighted by Gasteiger charge is -2.04. The molecule has 2 aromatic rings. The van der Waals surface area contributed by atoms with Gasteiger partial charge in [-0.1, -0.05) is 0 Å². The van der Waals surface area contributed by atoms with E-state index in [0.717, 1.165) is 0 Å². The Balaban J connectivity index is 1.84. The standard InChI is InChI=1S/C11H12N4O3S/c16-10(17)6-19-4-3-12-11(18)7-1-2-8-9(5-7)14-15-13-8/h1-2,5H,3-4,6H2,(H,12,18)(H,16,17)(H,13,14,15). The number of benzene rings is 1. The lowest BCUT2D eigenvalue weighted by molar-refractivity contribution is -0.133. The molecule has 2 rings (SSSR count). The number of nitrogens with one attached hydrogen (secondary N) is 2. The molecular formula is C11H12N4O3S. The number of hydrogen-bond donors (Lipinski definition) is 3. The molecule has 0 radical (unpaired) electrons. The van der Waals surface area contributed by atoms with Crippen LogP contribution in [0.25, 0.3) is 11.0 Å². The second-order valence-electron chi connectivity index (χ2n) is 3.73. The Morgan fingerprint density at radius 3 is 2.89 bits per heavy atom. The predicted molar refractivity (Wildman–Crippen MR) is 71.2 cm³/mol. The number of aromatic amines is 1. The normalized spacial score (nSPS) is 10.5. The largest absolute Gasteiger partial charge is 0.481 e. The Bertz CT molecular complexity index is 598. The van der Waals surface area contributed by atoms with Crippen molar-refractivity contribution in [3.05, 3.63) is 23.8 Å². The number of hydrogen-bond acceptors (Lipinski definition) is 5. The Labute approximate surface area is 112 Å². The first-order chi connectivity index (χ1) is 9.16. The molecule has 19 heavy (non-hydrogen) atoms. The van der Waals surface area contributed by atoms with Gasteiger partial charge in [0.1, 0.15) is 11.0 Å². The Kier molecular flexibility index (Phi) is 4.35. The van der Waals surface area contributed by atoms with Crippen molar-refractivity contribution in [2.75, 3.05) is 18.1 Å². The minimum atomic E-state index is -0.854. The van der Waals surface area contributed by atoms with Crippen molar-refractivity contribution in [1.82, 2.24) is 20.7 Å². The van der Waals surface area contributed by atoms with Crippen LogP contribution >= 0.6 is 11.8 Å². The maximum Gasteiger partial charge on any atom is 0.313 e. The number of H-pyrrole nitrogens is 1. The SMILES string of the molecule is O=C(O)CSCCNC(=O)c1ccc2n[nH]nc2c1. The molecule has 0 unspecified atom stereocenters. The number of aliphatic carboxylic acids is 1. The quantitative estimate of drug-likeness (QED) is 0.665. The molecule has 1 heterocycles. The summed E-state index contributed by atoms with van der Waals surface area (Å²) in [5.74, 6) is -0.459. The number of aromatic nitrogens is 3. The van der Waals surface area contributed by atoms with Gasteiger partial charge in [-0.15, -0.1) is 11.8 Å². The van der Waals surface area contributed by atoms with Crippen LogP contribution in [0.5, 0.6) is 0 Å². The number of carbonyl (C=O) groups excluding carboxylic acids is 1. The third kappa shape index (κ3) is 3.68. The van der Waals surface area contributed by atoms with Crippen LogP contribution in [0.4, 0.5) is 0 Å². The van der Waals surface area contributed by atoms with E-state index in [9.17, 15) is 9.59 Å². The highest BCUT2D eigenvalue weighted by molar-refractivity contribution is 7.99. The third-order valence-electron chi connectivity index (χ3n) is 2.34. The Morgan fingerprint density at radius 1 is 1.32 bits per heavy atom. The number of carboxylic acids is 1. The molecule has 0 spiro atoms. The van der Waals surface area contributed by atoms with E-state index < -0.39 is 5.97 Å². The molecule has 8 heteroatoms. The zero-order valence-corrected chi connectivity index (χ0v) is 10.7. The summed E-state index contributed by atoms with van der Waals surface area (Å²) in [5.41, 5.74) is 1.84. The van der Waals surface area contributed by atoms with Crippen LogP contribution in [0.3, 0.4) is 0 Å². The van der Waals surface area contributed by atoms with Gasteiger partial charge in [0.25, 0.3) is 5.91 Å². The van der Waals surface area contributed by atoms with Gasteiger partial charge in [0, 0.05) is 17.9 Å². The van der Waals surface area contributed by atoms with E-state index in [2.05, 4.69) is 20.7 Å². The highest BCUT2D eigenvalue weighted by Gasteiger charge is 2.07. The number of nitrogens with zero attached hydrogens (tertiary/aromatic N) is 2. The van der Waals surface area contributed by atoms with Gasteiger partial charge in [0.15, 0.2) is 0 Å². The molecule has 1 amide bonds. The Hall–Kier alpha value is -2.09. The average molecular weight is 280 g/mol.